The lowest BCUT2D eigenvalue weighted by Crippen LogP contribution is -2.36. The topological polar surface area (TPSA) is 72.6 Å². The number of methoxy groups -OCH3 is 1. The van der Waals surface area contributed by atoms with E-state index in [1.54, 1.807) is 0 Å². The van der Waals surface area contributed by atoms with Gasteiger partial charge in [0.1, 0.15) is 10.7 Å². The van der Waals surface area contributed by atoms with Gasteiger partial charge in [0.05, 0.1) is 6.61 Å². The van der Waals surface area contributed by atoms with Crippen molar-refractivity contribution in [3.8, 4) is 0 Å². The number of nitrogen functional groups attached to an aromatic ring is 1. The summed E-state index contributed by atoms with van der Waals surface area (Å²) >= 11 is 0. The summed E-state index contributed by atoms with van der Waals surface area (Å²) in [5, 5.41) is 0. The molecule has 5 nitrogen and oxygen atoms in total. The van der Waals surface area contributed by atoms with E-state index in [4.69, 9.17) is 10.5 Å². The van der Waals surface area contributed by atoms with Gasteiger partial charge in [0.2, 0.25) is 10.0 Å². The number of anilines is 1. The van der Waals surface area contributed by atoms with Crippen LogP contribution in [0.25, 0.3) is 0 Å². The van der Waals surface area contributed by atoms with Crippen LogP contribution in [0.2, 0.25) is 0 Å². The molecular formula is C12H17FN2O3S. The van der Waals surface area contributed by atoms with Gasteiger partial charge in [-0.3, -0.25) is 0 Å². The number of hydrogen-bond donors (Lipinski definition) is 1. The molecule has 0 aliphatic heterocycles. The number of ether oxygens (including phenoxy) is 1. The molecule has 0 unspecified atom stereocenters. The van der Waals surface area contributed by atoms with E-state index >= 15 is 0 Å². The molecule has 0 saturated heterocycles. The third kappa shape index (κ3) is 3.05. The van der Waals surface area contributed by atoms with Crippen LogP contribution in [0.5, 0.6) is 0 Å². The highest BCUT2D eigenvalue weighted by atomic mass is 32.2. The Morgan fingerprint density at radius 1 is 1.47 bits per heavy atom. The second kappa shape index (κ2) is 5.44. The second-order valence-corrected chi connectivity index (χ2v) is 6.39. The Kier molecular flexibility index (Phi) is 4.07. The van der Waals surface area contributed by atoms with Gasteiger partial charge in [0.25, 0.3) is 0 Å². The predicted octanol–water partition coefficient (Wildman–Crippen LogP) is 1.21. The van der Waals surface area contributed by atoms with Crippen molar-refractivity contribution in [2.45, 2.75) is 23.8 Å². The molecule has 7 heteroatoms. The number of nitrogens with two attached hydrogens (primary N) is 1. The molecule has 0 radical (unpaired) electrons. The highest BCUT2D eigenvalue weighted by Gasteiger charge is 2.38. The summed E-state index contributed by atoms with van der Waals surface area (Å²) in [4.78, 5) is -0.329. The molecule has 0 heterocycles. The first-order chi connectivity index (χ1) is 8.96. The molecule has 2 rings (SSSR count). The van der Waals surface area contributed by atoms with Gasteiger partial charge in [-0.2, -0.15) is 4.31 Å². The summed E-state index contributed by atoms with van der Waals surface area (Å²) in [5.74, 6) is -0.817. The van der Waals surface area contributed by atoms with Crippen molar-refractivity contribution in [3.63, 3.8) is 0 Å². The smallest absolute Gasteiger partial charge is 0.246 e. The predicted molar refractivity (Wildman–Crippen MR) is 69.6 cm³/mol. The van der Waals surface area contributed by atoms with Crippen LogP contribution in [0.15, 0.2) is 23.1 Å². The Labute approximate surface area is 112 Å². The van der Waals surface area contributed by atoms with E-state index in [9.17, 15) is 12.8 Å². The fourth-order valence-electron chi connectivity index (χ4n) is 1.90. The van der Waals surface area contributed by atoms with Gasteiger partial charge in [0.15, 0.2) is 0 Å². The summed E-state index contributed by atoms with van der Waals surface area (Å²) in [7, 11) is -2.33. The van der Waals surface area contributed by atoms with Crippen LogP contribution in [0, 0.1) is 5.82 Å². The summed E-state index contributed by atoms with van der Waals surface area (Å²) in [6, 6.07) is 3.57. The van der Waals surface area contributed by atoms with Crippen molar-refractivity contribution in [2.75, 3.05) is 26.0 Å². The molecule has 0 bridgehead atoms. The quantitative estimate of drug-likeness (QED) is 0.799. The van der Waals surface area contributed by atoms with Crippen molar-refractivity contribution in [2.24, 2.45) is 0 Å². The van der Waals surface area contributed by atoms with Crippen LogP contribution in [-0.4, -0.2) is 39.0 Å². The molecule has 1 aromatic rings. The first kappa shape index (κ1) is 14.2. The van der Waals surface area contributed by atoms with E-state index in [0.717, 1.165) is 18.9 Å². The molecule has 0 atom stereocenters. The van der Waals surface area contributed by atoms with Crippen LogP contribution >= 0.6 is 0 Å². The van der Waals surface area contributed by atoms with E-state index < -0.39 is 15.8 Å². The van der Waals surface area contributed by atoms with Gasteiger partial charge < -0.3 is 10.5 Å². The van der Waals surface area contributed by atoms with Crippen molar-refractivity contribution in [1.82, 2.24) is 4.31 Å². The first-order valence-corrected chi connectivity index (χ1v) is 7.46. The number of benzene rings is 1. The molecule has 1 fully saturated rings. The summed E-state index contributed by atoms with van der Waals surface area (Å²) in [5.41, 5.74) is 5.63. The zero-order valence-corrected chi connectivity index (χ0v) is 11.5. The van der Waals surface area contributed by atoms with Crippen LogP contribution < -0.4 is 5.73 Å². The molecule has 19 heavy (non-hydrogen) atoms. The minimum absolute atomic E-state index is 0.0443. The minimum atomic E-state index is -3.83. The molecular weight excluding hydrogens is 271 g/mol. The number of sulfonamides is 1. The Balaban J connectivity index is 2.33. The molecule has 1 saturated carbocycles. The zero-order valence-electron chi connectivity index (χ0n) is 10.7. The van der Waals surface area contributed by atoms with Crippen LogP contribution in [0.4, 0.5) is 10.1 Å². The van der Waals surface area contributed by atoms with Gasteiger partial charge in [-0.25, -0.2) is 12.8 Å². The molecule has 2 N–H and O–H groups in total. The molecule has 0 aromatic heterocycles. The Bertz CT molecular complexity index is 558. The van der Waals surface area contributed by atoms with E-state index in [1.807, 2.05) is 0 Å². The van der Waals surface area contributed by atoms with E-state index in [1.165, 1.54) is 23.5 Å². The zero-order chi connectivity index (χ0) is 14.0. The molecule has 0 spiro atoms. The maximum atomic E-state index is 13.8. The first-order valence-electron chi connectivity index (χ1n) is 6.02. The second-order valence-electron chi connectivity index (χ2n) is 4.53. The summed E-state index contributed by atoms with van der Waals surface area (Å²) < 4.78 is 44.9. The highest BCUT2D eigenvalue weighted by Crippen LogP contribution is 2.32. The van der Waals surface area contributed by atoms with E-state index in [-0.39, 0.29) is 29.8 Å². The Morgan fingerprint density at radius 3 is 2.68 bits per heavy atom. The maximum absolute atomic E-state index is 13.8. The standard InChI is InChI=1S/C12H17FN2O3S/c1-18-7-6-15(10-3-4-10)19(16,17)12-5-2-9(14)8-11(12)13/h2,5,8,10H,3-4,6-7,14H2,1H3. The number of halogens is 1. The summed E-state index contributed by atoms with van der Waals surface area (Å²) in [6.45, 7) is 0.514. The highest BCUT2D eigenvalue weighted by molar-refractivity contribution is 7.89. The molecule has 1 aliphatic rings. The SMILES string of the molecule is COCCN(C1CC1)S(=O)(=O)c1ccc(N)cc1F. The van der Waals surface area contributed by atoms with Crippen LogP contribution in [0.1, 0.15) is 12.8 Å². The van der Waals surface area contributed by atoms with Crippen molar-refractivity contribution in [1.29, 1.82) is 0 Å². The Hall–Kier alpha value is -1.18. The normalized spacial score (nSPS) is 15.9. The minimum Gasteiger partial charge on any atom is -0.399 e. The molecule has 106 valence electrons. The number of hydrogen-bond acceptors (Lipinski definition) is 4. The third-order valence-electron chi connectivity index (χ3n) is 3.01. The van der Waals surface area contributed by atoms with Gasteiger partial charge in [-0.05, 0) is 31.0 Å². The lowest BCUT2D eigenvalue weighted by molar-refractivity contribution is 0.177. The fourth-order valence-corrected chi connectivity index (χ4v) is 3.61. The van der Waals surface area contributed by atoms with Crippen molar-refractivity contribution < 1.29 is 17.5 Å². The lowest BCUT2D eigenvalue weighted by atomic mass is 10.3. The fraction of sp³-hybridized carbons (Fsp3) is 0.500. The van der Waals surface area contributed by atoms with Crippen molar-refractivity contribution >= 4 is 15.7 Å². The van der Waals surface area contributed by atoms with Crippen molar-refractivity contribution in [3.05, 3.63) is 24.0 Å². The molecule has 1 aromatic carbocycles. The molecule has 0 amide bonds. The van der Waals surface area contributed by atoms with Gasteiger partial charge in [-0.1, -0.05) is 0 Å². The lowest BCUT2D eigenvalue weighted by Gasteiger charge is -2.21. The van der Waals surface area contributed by atoms with E-state index in [2.05, 4.69) is 0 Å². The van der Waals surface area contributed by atoms with E-state index in [0.29, 0.717) is 0 Å². The number of nitrogens with zero attached hydrogens (tertiary/aromatic N) is 1. The average molecular weight is 288 g/mol. The number of rotatable bonds is 6. The van der Waals surface area contributed by atoms with Crippen LogP contribution in [-0.2, 0) is 14.8 Å². The molecule has 1 aliphatic carbocycles. The monoisotopic (exact) mass is 288 g/mol. The third-order valence-corrected chi connectivity index (χ3v) is 5.00. The van der Waals surface area contributed by atoms with Gasteiger partial charge >= 0.3 is 0 Å². The Morgan fingerprint density at radius 2 is 2.16 bits per heavy atom. The van der Waals surface area contributed by atoms with Crippen LogP contribution in [0.3, 0.4) is 0 Å². The average Bonchev–Trinajstić information content (AvgIpc) is 3.13. The summed E-state index contributed by atoms with van der Waals surface area (Å²) in [6.07, 6.45) is 1.61. The van der Waals surface area contributed by atoms with Gasteiger partial charge in [-0.15, -0.1) is 0 Å². The maximum Gasteiger partial charge on any atom is 0.246 e. The van der Waals surface area contributed by atoms with Gasteiger partial charge in [0, 0.05) is 25.4 Å². The largest absolute Gasteiger partial charge is 0.399 e.